The van der Waals surface area contributed by atoms with E-state index in [0.29, 0.717) is 11.6 Å². The molecule has 0 heterocycles. The molecule has 0 aromatic heterocycles. The molecule has 0 fully saturated rings. The molecule has 0 aliphatic heterocycles. The summed E-state index contributed by atoms with van der Waals surface area (Å²) in [4.78, 5) is 12.9. The van der Waals surface area contributed by atoms with Crippen LogP contribution in [0, 0.1) is 3.57 Å². The minimum absolute atomic E-state index is 0.171. The fourth-order valence-corrected chi connectivity index (χ4v) is 4.12. The van der Waals surface area contributed by atoms with Gasteiger partial charge in [-0.1, -0.05) is 39.7 Å². The number of hydrazone groups is 1. The van der Waals surface area contributed by atoms with Gasteiger partial charge in [-0.25, -0.2) is 5.43 Å². The maximum atomic E-state index is 11.9. The first-order valence-electron chi connectivity index (χ1n) is 8.87. The van der Waals surface area contributed by atoms with Crippen molar-refractivity contribution < 1.29 is 9.53 Å². The summed E-state index contributed by atoms with van der Waals surface area (Å²) in [6.07, 6.45) is 1.62. The van der Waals surface area contributed by atoms with Gasteiger partial charge in [0.15, 0.2) is 0 Å². The second-order valence-corrected chi connectivity index (χ2v) is 9.70. The van der Waals surface area contributed by atoms with Crippen LogP contribution in [0.25, 0.3) is 0 Å². The highest BCUT2D eigenvalue weighted by Gasteiger charge is 2.04. The predicted octanol–water partition coefficient (Wildman–Crippen LogP) is 6.53. The highest BCUT2D eigenvalue weighted by molar-refractivity contribution is 14.1. The minimum Gasteiger partial charge on any atom is -0.488 e. The van der Waals surface area contributed by atoms with Crippen molar-refractivity contribution in [2.75, 3.05) is 5.75 Å². The Kier molecular flexibility index (Phi) is 9.05. The molecular formula is C22H17BrClIN2O2S. The molecular weight excluding hydrogens is 599 g/mol. The largest absolute Gasteiger partial charge is 0.488 e. The van der Waals surface area contributed by atoms with Crippen LogP contribution >= 0.6 is 61.9 Å². The van der Waals surface area contributed by atoms with Gasteiger partial charge in [0.25, 0.3) is 0 Å². The zero-order chi connectivity index (χ0) is 21.3. The van der Waals surface area contributed by atoms with Crippen LogP contribution in [-0.4, -0.2) is 17.9 Å². The lowest BCUT2D eigenvalue weighted by Gasteiger charge is -2.09. The van der Waals surface area contributed by atoms with Gasteiger partial charge in [0.1, 0.15) is 12.4 Å². The van der Waals surface area contributed by atoms with Crippen molar-refractivity contribution in [3.05, 3.63) is 90.9 Å². The molecule has 30 heavy (non-hydrogen) atoms. The molecule has 8 heteroatoms. The fourth-order valence-electron chi connectivity index (χ4n) is 2.35. The number of nitrogens with one attached hydrogen (secondary N) is 1. The topological polar surface area (TPSA) is 50.7 Å². The fraction of sp³-hybridized carbons (Fsp3) is 0.0909. The number of rotatable bonds is 8. The van der Waals surface area contributed by atoms with Gasteiger partial charge in [0.05, 0.1) is 15.5 Å². The third-order valence-corrected chi connectivity index (χ3v) is 6.49. The Balaban J connectivity index is 1.47. The van der Waals surface area contributed by atoms with Gasteiger partial charge < -0.3 is 4.74 Å². The van der Waals surface area contributed by atoms with Crippen LogP contribution in [0.2, 0.25) is 5.02 Å². The Morgan fingerprint density at radius 3 is 2.57 bits per heavy atom. The first-order chi connectivity index (χ1) is 14.5. The number of amides is 1. The number of hydrogen-bond acceptors (Lipinski definition) is 4. The lowest BCUT2D eigenvalue weighted by Crippen LogP contribution is -2.19. The molecule has 1 N–H and O–H groups in total. The first kappa shape index (κ1) is 23.1. The van der Waals surface area contributed by atoms with E-state index in [1.165, 1.54) is 11.8 Å². The summed E-state index contributed by atoms with van der Waals surface area (Å²) < 4.78 is 7.91. The quantitative estimate of drug-likeness (QED) is 0.136. The van der Waals surface area contributed by atoms with Crippen molar-refractivity contribution in [3.8, 4) is 5.75 Å². The zero-order valence-electron chi connectivity index (χ0n) is 15.6. The Hall–Kier alpha value is -1.55. The summed E-state index contributed by atoms with van der Waals surface area (Å²) in [5.41, 5.74) is 4.52. The molecule has 0 spiro atoms. The standard InChI is InChI=1S/C22H17BrClIN2O2S/c23-17-4-1-15(2-5-17)13-29-21-10-3-16(11-20(21)25)12-26-27-22(28)14-30-19-8-6-18(24)7-9-19/h1-12H,13-14H2,(H,27,28)/b26-12-. The second kappa shape index (κ2) is 11.7. The number of ether oxygens (including phenoxy) is 1. The molecule has 3 aromatic rings. The van der Waals surface area contributed by atoms with Crippen LogP contribution in [0.3, 0.4) is 0 Å². The van der Waals surface area contributed by atoms with Crippen LogP contribution in [0.15, 0.2) is 81.2 Å². The molecule has 0 bridgehead atoms. The van der Waals surface area contributed by atoms with Crippen LogP contribution in [0.1, 0.15) is 11.1 Å². The number of benzene rings is 3. The SMILES string of the molecule is O=C(CSc1ccc(Cl)cc1)N/N=C\c1ccc(OCc2ccc(Br)cc2)c(I)c1. The first-order valence-corrected chi connectivity index (χ1v) is 12.1. The summed E-state index contributed by atoms with van der Waals surface area (Å²) in [5, 5.41) is 4.71. The summed E-state index contributed by atoms with van der Waals surface area (Å²) in [6, 6.07) is 21.1. The lowest BCUT2D eigenvalue weighted by atomic mass is 10.2. The number of carbonyl (C=O) groups excluding carboxylic acids is 1. The predicted molar refractivity (Wildman–Crippen MR) is 136 cm³/mol. The molecule has 3 rings (SSSR count). The number of thioether (sulfide) groups is 1. The number of carbonyl (C=O) groups is 1. The van der Waals surface area contributed by atoms with Crippen LogP contribution in [0.4, 0.5) is 0 Å². The van der Waals surface area contributed by atoms with E-state index in [0.717, 1.165) is 29.8 Å². The molecule has 0 saturated carbocycles. The van der Waals surface area contributed by atoms with E-state index in [-0.39, 0.29) is 11.7 Å². The summed E-state index contributed by atoms with van der Waals surface area (Å²) >= 11 is 12.9. The lowest BCUT2D eigenvalue weighted by molar-refractivity contribution is -0.118. The average Bonchev–Trinajstić information content (AvgIpc) is 2.74. The van der Waals surface area contributed by atoms with Gasteiger partial charge in [0.2, 0.25) is 5.91 Å². The van der Waals surface area contributed by atoms with Crippen LogP contribution in [0.5, 0.6) is 5.75 Å². The number of hydrogen-bond donors (Lipinski definition) is 1. The third kappa shape index (κ3) is 7.61. The third-order valence-electron chi connectivity index (χ3n) is 3.85. The Bertz CT molecular complexity index is 1030. The molecule has 4 nitrogen and oxygen atoms in total. The van der Waals surface area contributed by atoms with Gasteiger partial charge in [0, 0.05) is 14.4 Å². The van der Waals surface area contributed by atoms with E-state index in [1.54, 1.807) is 18.3 Å². The van der Waals surface area contributed by atoms with Crippen molar-refractivity contribution in [2.24, 2.45) is 5.10 Å². The average molecular weight is 616 g/mol. The Morgan fingerprint density at radius 2 is 1.87 bits per heavy atom. The molecule has 1 amide bonds. The van der Waals surface area contributed by atoms with Crippen LogP contribution < -0.4 is 10.2 Å². The highest BCUT2D eigenvalue weighted by Crippen LogP contribution is 2.23. The maximum absolute atomic E-state index is 11.9. The molecule has 0 unspecified atom stereocenters. The molecule has 0 radical (unpaired) electrons. The van der Waals surface area contributed by atoms with E-state index < -0.39 is 0 Å². The number of halogens is 3. The van der Waals surface area contributed by atoms with E-state index in [1.807, 2.05) is 54.6 Å². The molecule has 3 aromatic carbocycles. The molecule has 0 atom stereocenters. The van der Waals surface area contributed by atoms with Crippen molar-refractivity contribution >= 4 is 74.0 Å². The van der Waals surface area contributed by atoms with E-state index in [4.69, 9.17) is 16.3 Å². The summed E-state index contributed by atoms with van der Waals surface area (Å²) in [5.74, 6) is 0.911. The minimum atomic E-state index is -0.171. The molecule has 154 valence electrons. The van der Waals surface area contributed by atoms with E-state index >= 15 is 0 Å². The van der Waals surface area contributed by atoms with Crippen molar-refractivity contribution in [1.29, 1.82) is 0 Å². The van der Waals surface area contributed by atoms with E-state index in [2.05, 4.69) is 49.0 Å². The van der Waals surface area contributed by atoms with Gasteiger partial charge >= 0.3 is 0 Å². The van der Waals surface area contributed by atoms with Crippen molar-refractivity contribution in [2.45, 2.75) is 11.5 Å². The van der Waals surface area contributed by atoms with Crippen molar-refractivity contribution in [3.63, 3.8) is 0 Å². The Morgan fingerprint density at radius 1 is 1.13 bits per heavy atom. The molecule has 0 aliphatic rings. The smallest absolute Gasteiger partial charge is 0.250 e. The number of nitrogens with zero attached hydrogens (tertiary/aromatic N) is 1. The van der Waals surface area contributed by atoms with E-state index in [9.17, 15) is 4.79 Å². The molecule has 0 saturated heterocycles. The molecule has 0 aliphatic carbocycles. The highest BCUT2D eigenvalue weighted by atomic mass is 127. The monoisotopic (exact) mass is 614 g/mol. The second-order valence-electron chi connectivity index (χ2n) is 6.14. The normalized spacial score (nSPS) is 10.9. The Labute approximate surface area is 206 Å². The maximum Gasteiger partial charge on any atom is 0.250 e. The van der Waals surface area contributed by atoms with Crippen LogP contribution in [-0.2, 0) is 11.4 Å². The van der Waals surface area contributed by atoms with Gasteiger partial charge in [-0.05, 0) is 88.3 Å². The van der Waals surface area contributed by atoms with Gasteiger partial charge in [-0.3, -0.25) is 4.79 Å². The zero-order valence-corrected chi connectivity index (χ0v) is 21.0. The van der Waals surface area contributed by atoms with Gasteiger partial charge in [-0.2, -0.15) is 5.10 Å². The summed E-state index contributed by atoms with van der Waals surface area (Å²) in [7, 11) is 0. The van der Waals surface area contributed by atoms with Crippen molar-refractivity contribution in [1.82, 2.24) is 5.43 Å². The summed E-state index contributed by atoms with van der Waals surface area (Å²) in [6.45, 7) is 0.498. The van der Waals surface area contributed by atoms with Gasteiger partial charge in [-0.15, -0.1) is 11.8 Å².